The third-order valence-corrected chi connectivity index (χ3v) is 6.18. The number of nitrogens with one attached hydrogen (secondary N) is 1. The smallest absolute Gasteiger partial charge is 0.255 e. The third kappa shape index (κ3) is 4.36. The highest BCUT2D eigenvalue weighted by Crippen LogP contribution is 2.42. The van der Waals surface area contributed by atoms with E-state index in [2.05, 4.69) is 21.2 Å². The Morgan fingerprint density at radius 3 is 2.66 bits per heavy atom. The van der Waals surface area contributed by atoms with Gasteiger partial charge in [-0.3, -0.25) is 14.5 Å². The summed E-state index contributed by atoms with van der Waals surface area (Å²) in [4.78, 5) is 26.6. The zero-order valence-corrected chi connectivity index (χ0v) is 17.5. The minimum Gasteiger partial charge on any atom is -0.322 e. The largest absolute Gasteiger partial charge is 0.322 e. The summed E-state index contributed by atoms with van der Waals surface area (Å²) >= 11 is 4.84. The van der Waals surface area contributed by atoms with Crippen molar-refractivity contribution >= 4 is 50.9 Å². The lowest BCUT2D eigenvalue weighted by Crippen LogP contribution is -2.27. The van der Waals surface area contributed by atoms with Gasteiger partial charge in [0.1, 0.15) is 11.2 Å². The highest BCUT2D eigenvalue weighted by molar-refractivity contribution is 9.10. The summed E-state index contributed by atoms with van der Waals surface area (Å²) in [6.45, 7) is 0. The lowest BCUT2D eigenvalue weighted by Gasteiger charge is -2.24. The first-order valence-electron chi connectivity index (χ1n) is 8.87. The summed E-state index contributed by atoms with van der Waals surface area (Å²) in [5, 5.41) is 2.61. The Morgan fingerprint density at radius 1 is 1.07 bits per heavy atom. The monoisotopic (exact) mass is 470 g/mol. The van der Waals surface area contributed by atoms with Crippen molar-refractivity contribution in [2.45, 2.75) is 5.37 Å². The predicted octanol–water partition coefficient (Wildman–Crippen LogP) is 5.62. The first kappa shape index (κ1) is 19.7. The molecule has 0 bridgehead atoms. The molecule has 4 rings (SSSR count). The Kier molecular flexibility index (Phi) is 5.69. The number of amides is 2. The number of halogens is 2. The average Bonchev–Trinajstić information content (AvgIpc) is 3.10. The van der Waals surface area contributed by atoms with Gasteiger partial charge in [-0.15, -0.1) is 11.8 Å². The lowest BCUT2D eigenvalue weighted by atomic mass is 10.1. The number of anilines is 2. The molecule has 3 aromatic rings. The lowest BCUT2D eigenvalue weighted by molar-refractivity contribution is -0.115. The third-order valence-electron chi connectivity index (χ3n) is 4.47. The van der Waals surface area contributed by atoms with Gasteiger partial charge in [-0.2, -0.15) is 0 Å². The van der Waals surface area contributed by atoms with Gasteiger partial charge in [0.05, 0.1) is 5.75 Å². The minimum atomic E-state index is -0.388. The van der Waals surface area contributed by atoms with Crippen LogP contribution >= 0.6 is 27.7 Å². The average molecular weight is 471 g/mol. The first-order chi connectivity index (χ1) is 14.0. The van der Waals surface area contributed by atoms with Crippen molar-refractivity contribution in [2.24, 2.45) is 0 Å². The molecule has 146 valence electrons. The van der Waals surface area contributed by atoms with Crippen LogP contribution in [-0.4, -0.2) is 17.6 Å². The Hall–Kier alpha value is -2.64. The molecule has 1 atom stereocenters. The van der Waals surface area contributed by atoms with Crippen molar-refractivity contribution < 1.29 is 14.0 Å². The van der Waals surface area contributed by atoms with Gasteiger partial charge in [-0.1, -0.05) is 40.2 Å². The topological polar surface area (TPSA) is 49.4 Å². The van der Waals surface area contributed by atoms with Gasteiger partial charge >= 0.3 is 0 Å². The molecule has 0 aliphatic carbocycles. The molecule has 1 aliphatic rings. The maximum absolute atomic E-state index is 13.7. The van der Waals surface area contributed by atoms with Crippen LogP contribution in [0.4, 0.5) is 15.8 Å². The van der Waals surface area contributed by atoms with E-state index in [0.717, 1.165) is 10.0 Å². The van der Waals surface area contributed by atoms with Crippen LogP contribution in [0.2, 0.25) is 0 Å². The van der Waals surface area contributed by atoms with Gasteiger partial charge in [0, 0.05) is 21.4 Å². The SMILES string of the molecule is O=C(Nc1cccc([C@H]2SCC(=O)N2c2cccc(F)c2)c1)c1cccc(Br)c1. The molecule has 1 saturated heterocycles. The zero-order chi connectivity index (χ0) is 20.4. The van der Waals surface area contributed by atoms with Gasteiger partial charge in [-0.05, 0) is 54.1 Å². The van der Waals surface area contributed by atoms with Gasteiger partial charge < -0.3 is 5.32 Å². The predicted molar refractivity (Wildman–Crippen MR) is 118 cm³/mol. The standard InChI is InChI=1S/C22H16BrFN2O2S/c23-16-6-1-4-14(10-16)21(28)25-18-8-2-5-15(11-18)22-26(20(27)13-29-22)19-9-3-7-17(24)12-19/h1-12,22H,13H2,(H,25,28)/t22-/m1/s1. The summed E-state index contributed by atoms with van der Waals surface area (Å²) in [6, 6.07) is 20.5. The molecule has 0 spiro atoms. The van der Waals surface area contributed by atoms with E-state index in [-0.39, 0.29) is 23.0 Å². The van der Waals surface area contributed by atoms with Gasteiger partial charge in [-0.25, -0.2) is 4.39 Å². The number of benzene rings is 3. The molecule has 2 amide bonds. The van der Waals surface area contributed by atoms with Crippen molar-refractivity contribution in [1.29, 1.82) is 0 Å². The number of hydrogen-bond donors (Lipinski definition) is 1. The summed E-state index contributed by atoms with van der Waals surface area (Å²) in [5.41, 5.74) is 2.55. The number of hydrogen-bond acceptors (Lipinski definition) is 3. The number of nitrogens with zero attached hydrogens (tertiary/aromatic N) is 1. The Labute approximate surface area is 180 Å². The summed E-state index contributed by atoms with van der Waals surface area (Å²) in [5.74, 6) is -0.369. The van der Waals surface area contributed by atoms with Crippen LogP contribution in [0.5, 0.6) is 0 Å². The summed E-state index contributed by atoms with van der Waals surface area (Å²) < 4.78 is 14.5. The summed E-state index contributed by atoms with van der Waals surface area (Å²) in [6.07, 6.45) is 0. The van der Waals surface area contributed by atoms with Crippen LogP contribution in [0.15, 0.2) is 77.3 Å². The maximum atomic E-state index is 13.7. The van der Waals surface area contributed by atoms with Crippen LogP contribution in [-0.2, 0) is 4.79 Å². The van der Waals surface area contributed by atoms with Crippen LogP contribution in [0.25, 0.3) is 0 Å². The van der Waals surface area contributed by atoms with E-state index in [9.17, 15) is 14.0 Å². The van der Waals surface area contributed by atoms with Crippen molar-refractivity contribution in [3.05, 3.63) is 94.2 Å². The fraction of sp³-hybridized carbons (Fsp3) is 0.0909. The first-order valence-corrected chi connectivity index (χ1v) is 10.7. The Balaban J connectivity index is 1.59. The molecule has 1 aliphatic heterocycles. The maximum Gasteiger partial charge on any atom is 0.255 e. The molecule has 0 aromatic heterocycles. The minimum absolute atomic E-state index is 0.0748. The molecule has 0 saturated carbocycles. The number of rotatable bonds is 4. The van der Waals surface area contributed by atoms with Gasteiger partial charge in [0.25, 0.3) is 5.91 Å². The Bertz CT molecular complexity index is 1090. The fourth-order valence-electron chi connectivity index (χ4n) is 3.18. The second-order valence-corrected chi connectivity index (χ2v) is 8.48. The second kappa shape index (κ2) is 8.39. The Morgan fingerprint density at radius 2 is 1.86 bits per heavy atom. The number of carbonyl (C=O) groups is 2. The van der Waals surface area contributed by atoms with E-state index >= 15 is 0 Å². The van der Waals surface area contributed by atoms with Crippen molar-refractivity contribution in [3.63, 3.8) is 0 Å². The molecule has 0 unspecified atom stereocenters. The van der Waals surface area contributed by atoms with E-state index in [1.807, 2.05) is 24.3 Å². The molecule has 1 N–H and O–H groups in total. The molecule has 29 heavy (non-hydrogen) atoms. The molecular formula is C22H16BrFN2O2S. The number of thioether (sulfide) groups is 1. The van der Waals surface area contributed by atoms with E-state index in [1.165, 1.54) is 23.9 Å². The molecular weight excluding hydrogens is 455 g/mol. The highest BCUT2D eigenvalue weighted by Gasteiger charge is 2.34. The molecule has 0 radical (unpaired) electrons. The zero-order valence-electron chi connectivity index (χ0n) is 15.1. The second-order valence-electron chi connectivity index (χ2n) is 6.50. The van der Waals surface area contributed by atoms with E-state index in [1.54, 1.807) is 41.3 Å². The van der Waals surface area contributed by atoms with Crippen molar-refractivity contribution in [2.75, 3.05) is 16.0 Å². The normalized spacial score (nSPS) is 16.1. The molecule has 1 fully saturated rings. The fourth-order valence-corrected chi connectivity index (χ4v) is 4.74. The van der Waals surface area contributed by atoms with Crippen LogP contribution in [0.3, 0.4) is 0 Å². The molecule has 7 heteroatoms. The van der Waals surface area contributed by atoms with E-state index < -0.39 is 0 Å². The molecule has 1 heterocycles. The van der Waals surface area contributed by atoms with Crippen LogP contribution < -0.4 is 10.2 Å². The molecule has 4 nitrogen and oxygen atoms in total. The number of carbonyl (C=O) groups excluding carboxylic acids is 2. The highest BCUT2D eigenvalue weighted by atomic mass is 79.9. The quantitative estimate of drug-likeness (QED) is 0.538. The van der Waals surface area contributed by atoms with Crippen LogP contribution in [0.1, 0.15) is 21.3 Å². The van der Waals surface area contributed by atoms with Crippen molar-refractivity contribution in [1.82, 2.24) is 0 Å². The molecule has 3 aromatic carbocycles. The van der Waals surface area contributed by atoms with E-state index in [4.69, 9.17) is 0 Å². The summed E-state index contributed by atoms with van der Waals surface area (Å²) in [7, 11) is 0. The van der Waals surface area contributed by atoms with Crippen molar-refractivity contribution in [3.8, 4) is 0 Å². The van der Waals surface area contributed by atoms with Gasteiger partial charge in [0.15, 0.2) is 0 Å². The van der Waals surface area contributed by atoms with Crippen LogP contribution in [0, 0.1) is 5.82 Å². The van der Waals surface area contributed by atoms with Gasteiger partial charge in [0.2, 0.25) is 5.91 Å². The van der Waals surface area contributed by atoms with E-state index in [0.29, 0.717) is 22.7 Å².